The van der Waals surface area contributed by atoms with Crippen molar-refractivity contribution in [2.75, 3.05) is 12.4 Å². The molecule has 1 fully saturated rings. The normalized spacial score (nSPS) is 13.8. The first-order chi connectivity index (χ1) is 16.4. The van der Waals surface area contributed by atoms with Crippen LogP contribution in [0.2, 0.25) is 5.02 Å². The predicted octanol–water partition coefficient (Wildman–Crippen LogP) is 4.81. The molecule has 1 saturated carbocycles. The second kappa shape index (κ2) is 10.5. The van der Waals surface area contributed by atoms with Gasteiger partial charge in [0.05, 0.1) is 16.8 Å². The molecule has 5 rings (SSSR count). The minimum absolute atomic E-state index is 0.0463. The number of rotatable bonds is 5. The third-order valence-corrected chi connectivity index (χ3v) is 6.72. The third-order valence-electron chi connectivity index (χ3n) is 6.24. The van der Waals surface area contributed by atoms with Crippen molar-refractivity contribution in [3.05, 3.63) is 58.6 Å². The Bertz CT molecular complexity index is 1270. The van der Waals surface area contributed by atoms with E-state index in [1.54, 1.807) is 10.9 Å². The summed E-state index contributed by atoms with van der Waals surface area (Å²) in [5.74, 6) is 1.21. The molecule has 0 atom stereocenters. The number of fused-ring (bicyclic) bond motifs is 1. The van der Waals surface area contributed by atoms with Gasteiger partial charge in [0.15, 0.2) is 5.82 Å². The molecule has 9 heteroatoms. The standard InChI is InChI=1S/C20H22ClN7.C5H10O/c1-12-14(10-22-3)11-28(26-12)18-7-8-23-20(25-18)24-15-5-6-17-16(9-15)19(21)13(2)27(17)4;6-5-3-1-2-4-5/h5-9,11,22H,10H2,1-4H3,(H,23,24,25);5-6H,1-4H2. The molecule has 0 unspecified atom stereocenters. The molecule has 1 aliphatic carbocycles. The average Bonchev–Trinajstić information content (AvgIpc) is 3.51. The Kier molecular flexibility index (Phi) is 7.50. The highest BCUT2D eigenvalue weighted by Crippen LogP contribution is 2.32. The number of benzene rings is 1. The van der Waals surface area contributed by atoms with Crippen LogP contribution in [0.15, 0.2) is 36.7 Å². The molecule has 180 valence electrons. The number of aliphatic hydroxyl groups is 1. The lowest BCUT2D eigenvalue weighted by atomic mass is 10.2. The number of nitrogens with one attached hydrogen (secondary N) is 2. The van der Waals surface area contributed by atoms with E-state index in [9.17, 15) is 0 Å². The summed E-state index contributed by atoms with van der Waals surface area (Å²) in [6.07, 6.45) is 8.31. The van der Waals surface area contributed by atoms with Crippen molar-refractivity contribution < 1.29 is 5.11 Å². The lowest BCUT2D eigenvalue weighted by Gasteiger charge is -2.07. The Hall–Kier alpha value is -2.94. The zero-order valence-electron chi connectivity index (χ0n) is 20.1. The molecule has 1 aromatic carbocycles. The lowest BCUT2D eigenvalue weighted by Crippen LogP contribution is -2.05. The van der Waals surface area contributed by atoms with E-state index in [0.717, 1.165) is 58.0 Å². The van der Waals surface area contributed by atoms with Gasteiger partial charge in [0, 0.05) is 59.9 Å². The number of nitrogens with zero attached hydrogens (tertiary/aromatic N) is 5. The Morgan fingerprint density at radius 3 is 2.62 bits per heavy atom. The highest BCUT2D eigenvalue weighted by Gasteiger charge is 2.12. The molecule has 3 N–H and O–H groups in total. The molecule has 34 heavy (non-hydrogen) atoms. The summed E-state index contributed by atoms with van der Waals surface area (Å²) in [7, 11) is 3.93. The first kappa shape index (κ1) is 24.2. The van der Waals surface area contributed by atoms with E-state index in [1.165, 1.54) is 12.8 Å². The fourth-order valence-electron chi connectivity index (χ4n) is 4.15. The van der Waals surface area contributed by atoms with Crippen molar-refractivity contribution in [2.45, 2.75) is 52.2 Å². The summed E-state index contributed by atoms with van der Waals surface area (Å²) >= 11 is 6.47. The largest absolute Gasteiger partial charge is 0.393 e. The molecule has 0 aliphatic heterocycles. The van der Waals surface area contributed by atoms with Gasteiger partial charge in [0.1, 0.15) is 0 Å². The first-order valence-electron chi connectivity index (χ1n) is 11.6. The third kappa shape index (κ3) is 5.24. The van der Waals surface area contributed by atoms with Crippen molar-refractivity contribution in [1.29, 1.82) is 0 Å². The number of aromatic nitrogens is 5. The Morgan fingerprint density at radius 2 is 1.94 bits per heavy atom. The van der Waals surface area contributed by atoms with Crippen LogP contribution in [0.25, 0.3) is 16.7 Å². The van der Waals surface area contributed by atoms with Crippen LogP contribution >= 0.6 is 11.6 Å². The summed E-state index contributed by atoms with van der Waals surface area (Å²) in [4.78, 5) is 8.93. The SMILES string of the molecule is CNCc1cn(-c2ccnc(Nc3ccc4c(c3)c(Cl)c(C)n4C)n2)nc1C.OC1CCCC1. The van der Waals surface area contributed by atoms with Crippen LogP contribution < -0.4 is 10.6 Å². The monoisotopic (exact) mass is 481 g/mol. The van der Waals surface area contributed by atoms with Gasteiger partial charge in [0.2, 0.25) is 5.95 Å². The van der Waals surface area contributed by atoms with Gasteiger partial charge in [-0.15, -0.1) is 0 Å². The van der Waals surface area contributed by atoms with Gasteiger partial charge < -0.3 is 20.3 Å². The summed E-state index contributed by atoms with van der Waals surface area (Å²) < 4.78 is 3.86. The second-order valence-corrected chi connectivity index (χ2v) is 9.08. The number of anilines is 2. The highest BCUT2D eigenvalue weighted by molar-refractivity contribution is 6.36. The summed E-state index contributed by atoms with van der Waals surface area (Å²) in [5.41, 5.74) is 5.12. The van der Waals surface area contributed by atoms with Gasteiger partial charge in [-0.2, -0.15) is 10.1 Å². The van der Waals surface area contributed by atoms with Gasteiger partial charge >= 0.3 is 0 Å². The molecule has 4 aromatic rings. The minimum atomic E-state index is 0.0463. The maximum Gasteiger partial charge on any atom is 0.229 e. The van der Waals surface area contributed by atoms with Gasteiger partial charge in [-0.3, -0.25) is 0 Å². The summed E-state index contributed by atoms with van der Waals surface area (Å²) in [6.45, 7) is 4.76. The van der Waals surface area contributed by atoms with E-state index in [1.807, 2.05) is 58.4 Å². The van der Waals surface area contributed by atoms with Gasteiger partial charge in [-0.1, -0.05) is 24.4 Å². The second-order valence-electron chi connectivity index (χ2n) is 8.71. The molecular weight excluding hydrogens is 450 g/mol. The fourth-order valence-corrected chi connectivity index (χ4v) is 4.43. The quantitative estimate of drug-likeness (QED) is 0.379. The van der Waals surface area contributed by atoms with Crippen LogP contribution in [-0.4, -0.2) is 42.6 Å². The van der Waals surface area contributed by atoms with Crippen molar-refractivity contribution in [3.63, 3.8) is 0 Å². The zero-order chi connectivity index (χ0) is 24.2. The van der Waals surface area contributed by atoms with Gasteiger partial charge in [0.25, 0.3) is 0 Å². The molecule has 8 nitrogen and oxygen atoms in total. The van der Waals surface area contributed by atoms with E-state index in [0.29, 0.717) is 11.8 Å². The molecule has 0 spiro atoms. The Morgan fingerprint density at radius 1 is 1.18 bits per heavy atom. The van der Waals surface area contributed by atoms with Gasteiger partial charge in [-0.25, -0.2) is 9.67 Å². The van der Waals surface area contributed by atoms with E-state index in [4.69, 9.17) is 16.7 Å². The molecule has 0 amide bonds. The van der Waals surface area contributed by atoms with E-state index < -0.39 is 0 Å². The first-order valence-corrected chi connectivity index (χ1v) is 12.0. The zero-order valence-corrected chi connectivity index (χ0v) is 20.9. The fraction of sp³-hybridized carbons (Fsp3) is 0.400. The predicted molar refractivity (Wildman–Crippen MR) is 137 cm³/mol. The maximum absolute atomic E-state index is 8.73. The molecule has 1 aliphatic rings. The van der Waals surface area contributed by atoms with E-state index >= 15 is 0 Å². The number of halogens is 1. The molecular formula is C25H32ClN7O. The molecule has 3 aromatic heterocycles. The molecule has 3 heterocycles. The number of hydrogen-bond acceptors (Lipinski definition) is 6. The van der Waals surface area contributed by atoms with Crippen LogP contribution in [0.4, 0.5) is 11.6 Å². The summed E-state index contributed by atoms with van der Waals surface area (Å²) in [6, 6.07) is 7.89. The average molecular weight is 482 g/mol. The Labute approximate surface area is 205 Å². The van der Waals surface area contributed by atoms with Crippen LogP contribution in [0.5, 0.6) is 0 Å². The van der Waals surface area contributed by atoms with Crippen LogP contribution in [0.3, 0.4) is 0 Å². The number of aryl methyl sites for hydroxylation is 2. The molecule has 0 radical (unpaired) electrons. The van der Waals surface area contributed by atoms with Crippen molar-refractivity contribution in [2.24, 2.45) is 7.05 Å². The van der Waals surface area contributed by atoms with Crippen molar-refractivity contribution >= 4 is 34.1 Å². The van der Waals surface area contributed by atoms with Crippen LogP contribution in [0.1, 0.15) is 42.6 Å². The topological polar surface area (TPSA) is 92.8 Å². The number of aliphatic hydroxyl groups excluding tert-OH is 1. The van der Waals surface area contributed by atoms with E-state index in [-0.39, 0.29) is 6.10 Å². The smallest absolute Gasteiger partial charge is 0.229 e. The van der Waals surface area contributed by atoms with E-state index in [2.05, 4.69) is 30.3 Å². The highest BCUT2D eigenvalue weighted by atomic mass is 35.5. The molecule has 0 saturated heterocycles. The lowest BCUT2D eigenvalue weighted by molar-refractivity contribution is 0.183. The Balaban J connectivity index is 0.000000398. The number of hydrogen-bond donors (Lipinski definition) is 3. The van der Waals surface area contributed by atoms with Crippen molar-refractivity contribution in [3.8, 4) is 5.82 Å². The summed E-state index contributed by atoms with van der Waals surface area (Å²) in [5, 5.41) is 21.5. The van der Waals surface area contributed by atoms with Gasteiger partial charge in [-0.05, 0) is 51.9 Å². The van der Waals surface area contributed by atoms with Crippen LogP contribution in [-0.2, 0) is 13.6 Å². The molecule has 0 bridgehead atoms. The van der Waals surface area contributed by atoms with Crippen LogP contribution in [0, 0.1) is 13.8 Å². The minimum Gasteiger partial charge on any atom is -0.393 e. The van der Waals surface area contributed by atoms with Crippen molar-refractivity contribution in [1.82, 2.24) is 29.6 Å². The maximum atomic E-state index is 8.73.